The molecule has 2 N–H and O–H groups in total. The SMILES string of the molecule is CC=C(O)C(C)(C)CO. The normalized spacial score (nSPS) is 14.0. The van der Waals surface area contributed by atoms with Crippen LogP contribution in [0.2, 0.25) is 0 Å². The van der Waals surface area contributed by atoms with E-state index >= 15 is 0 Å². The average molecular weight is 130 g/mol. The Bertz CT molecular complexity index is 114. The monoisotopic (exact) mass is 130 g/mol. The Kier molecular flexibility index (Phi) is 2.71. The molecule has 0 amide bonds. The van der Waals surface area contributed by atoms with Gasteiger partial charge in [-0.1, -0.05) is 13.8 Å². The zero-order valence-corrected chi connectivity index (χ0v) is 6.18. The van der Waals surface area contributed by atoms with Crippen LogP contribution in [0.15, 0.2) is 11.8 Å². The Balaban J connectivity index is 4.14. The maximum atomic E-state index is 9.09. The molecule has 0 aromatic rings. The highest BCUT2D eigenvalue weighted by molar-refractivity contribution is 5.00. The molecule has 9 heavy (non-hydrogen) atoms. The van der Waals surface area contributed by atoms with E-state index in [1.165, 1.54) is 0 Å². The van der Waals surface area contributed by atoms with Crippen LogP contribution in [-0.2, 0) is 0 Å². The number of hydrogen-bond donors (Lipinski definition) is 2. The quantitative estimate of drug-likeness (QED) is 0.556. The van der Waals surface area contributed by atoms with Crippen molar-refractivity contribution in [2.24, 2.45) is 5.41 Å². The van der Waals surface area contributed by atoms with Gasteiger partial charge >= 0.3 is 0 Å². The van der Waals surface area contributed by atoms with Crippen LogP contribution in [0.1, 0.15) is 20.8 Å². The van der Waals surface area contributed by atoms with E-state index in [0.29, 0.717) is 0 Å². The van der Waals surface area contributed by atoms with Gasteiger partial charge in [0, 0.05) is 5.41 Å². The van der Waals surface area contributed by atoms with Crippen LogP contribution >= 0.6 is 0 Å². The van der Waals surface area contributed by atoms with Gasteiger partial charge in [0.2, 0.25) is 0 Å². The fourth-order valence-electron chi connectivity index (χ4n) is 0.472. The Labute approximate surface area is 55.8 Å². The Morgan fingerprint density at radius 3 is 2.11 bits per heavy atom. The van der Waals surface area contributed by atoms with Gasteiger partial charge < -0.3 is 10.2 Å². The summed E-state index contributed by atoms with van der Waals surface area (Å²) in [7, 11) is 0. The zero-order chi connectivity index (χ0) is 7.49. The number of aliphatic hydroxyl groups is 2. The van der Waals surface area contributed by atoms with Gasteiger partial charge in [0.15, 0.2) is 0 Å². The first kappa shape index (κ1) is 8.50. The molecule has 2 heteroatoms. The van der Waals surface area contributed by atoms with Crippen molar-refractivity contribution in [3.8, 4) is 0 Å². The van der Waals surface area contributed by atoms with Crippen molar-refractivity contribution in [2.45, 2.75) is 20.8 Å². The number of aliphatic hydroxyl groups excluding tert-OH is 2. The van der Waals surface area contributed by atoms with Crippen LogP contribution in [0.4, 0.5) is 0 Å². The lowest BCUT2D eigenvalue weighted by atomic mass is 9.92. The molecule has 0 saturated heterocycles. The van der Waals surface area contributed by atoms with E-state index in [1.807, 2.05) is 0 Å². The Morgan fingerprint density at radius 1 is 1.56 bits per heavy atom. The highest BCUT2D eigenvalue weighted by atomic mass is 16.3. The molecule has 0 fully saturated rings. The van der Waals surface area contributed by atoms with E-state index in [-0.39, 0.29) is 12.4 Å². The fraction of sp³-hybridized carbons (Fsp3) is 0.714. The van der Waals surface area contributed by atoms with Crippen LogP contribution in [0.25, 0.3) is 0 Å². The lowest BCUT2D eigenvalue weighted by Crippen LogP contribution is -2.19. The van der Waals surface area contributed by atoms with Crippen LogP contribution in [-0.4, -0.2) is 16.8 Å². The minimum atomic E-state index is -0.477. The number of hydrogen-bond acceptors (Lipinski definition) is 2. The summed E-state index contributed by atoms with van der Waals surface area (Å²) in [5, 5.41) is 17.8. The van der Waals surface area contributed by atoms with Gasteiger partial charge in [-0.05, 0) is 13.0 Å². The van der Waals surface area contributed by atoms with E-state index in [4.69, 9.17) is 10.2 Å². The summed E-state index contributed by atoms with van der Waals surface area (Å²) >= 11 is 0. The molecule has 0 rings (SSSR count). The number of allylic oxidation sites excluding steroid dienone is 1. The molecule has 0 atom stereocenters. The van der Waals surface area contributed by atoms with E-state index in [0.717, 1.165) is 0 Å². The highest BCUT2D eigenvalue weighted by Gasteiger charge is 2.20. The second-order valence-electron chi connectivity index (χ2n) is 2.72. The van der Waals surface area contributed by atoms with Gasteiger partial charge in [-0.3, -0.25) is 0 Å². The first-order valence-corrected chi connectivity index (χ1v) is 3.01. The Hall–Kier alpha value is -0.500. The first-order chi connectivity index (χ1) is 4.04. The van der Waals surface area contributed by atoms with Crippen molar-refractivity contribution in [3.63, 3.8) is 0 Å². The molecule has 0 aliphatic carbocycles. The predicted molar refractivity (Wildman–Crippen MR) is 37.3 cm³/mol. The summed E-state index contributed by atoms with van der Waals surface area (Å²) in [6.45, 7) is 5.28. The van der Waals surface area contributed by atoms with Crippen LogP contribution < -0.4 is 0 Å². The molecule has 0 saturated carbocycles. The van der Waals surface area contributed by atoms with Gasteiger partial charge in [0.25, 0.3) is 0 Å². The molecule has 54 valence electrons. The molecule has 0 unspecified atom stereocenters. The molecule has 0 aromatic heterocycles. The van der Waals surface area contributed by atoms with E-state index in [1.54, 1.807) is 26.8 Å². The molecule has 0 spiro atoms. The van der Waals surface area contributed by atoms with Crippen molar-refractivity contribution >= 4 is 0 Å². The van der Waals surface area contributed by atoms with Gasteiger partial charge in [-0.25, -0.2) is 0 Å². The smallest absolute Gasteiger partial charge is 0.0959 e. The van der Waals surface area contributed by atoms with Crippen molar-refractivity contribution < 1.29 is 10.2 Å². The highest BCUT2D eigenvalue weighted by Crippen LogP contribution is 2.21. The molecular weight excluding hydrogens is 116 g/mol. The summed E-state index contributed by atoms with van der Waals surface area (Å²) in [5.74, 6) is 0.241. The molecule has 0 bridgehead atoms. The fourth-order valence-corrected chi connectivity index (χ4v) is 0.472. The van der Waals surface area contributed by atoms with Crippen molar-refractivity contribution in [3.05, 3.63) is 11.8 Å². The van der Waals surface area contributed by atoms with Crippen molar-refractivity contribution in [1.29, 1.82) is 0 Å². The van der Waals surface area contributed by atoms with Gasteiger partial charge in [0.05, 0.1) is 12.4 Å². The lowest BCUT2D eigenvalue weighted by Gasteiger charge is -2.19. The maximum Gasteiger partial charge on any atom is 0.0959 e. The molecule has 0 heterocycles. The predicted octanol–water partition coefficient (Wildman–Crippen LogP) is 1.47. The standard InChI is InChI=1S/C7H14O2/c1-4-6(9)7(2,3)5-8/h4,8-9H,5H2,1-3H3. The van der Waals surface area contributed by atoms with Gasteiger partial charge in [-0.2, -0.15) is 0 Å². The zero-order valence-electron chi connectivity index (χ0n) is 6.18. The summed E-state index contributed by atoms with van der Waals surface area (Å²) in [5.41, 5.74) is -0.477. The lowest BCUT2D eigenvalue weighted by molar-refractivity contribution is 0.141. The van der Waals surface area contributed by atoms with E-state index < -0.39 is 5.41 Å². The second kappa shape index (κ2) is 2.87. The molecular formula is C7H14O2. The van der Waals surface area contributed by atoms with E-state index in [2.05, 4.69) is 0 Å². The van der Waals surface area contributed by atoms with Crippen LogP contribution in [0, 0.1) is 5.41 Å². The summed E-state index contributed by atoms with van der Waals surface area (Å²) in [6.07, 6.45) is 1.59. The summed E-state index contributed by atoms with van der Waals surface area (Å²) in [6, 6.07) is 0. The summed E-state index contributed by atoms with van der Waals surface area (Å²) in [4.78, 5) is 0. The average Bonchev–Trinajstić information content (AvgIpc) is 1.86. The third-order valence-electron chi connectivity index (χ3n) is 1.36. The minimum Gasteiger partial charge on any atom is -0.512 e. The minimum absolute atomic E-state index is 0.0246. The Morgan fingerprint density at radius 2 is 2.00 bits per heavy atom. The van der Waals surface area contributed by atoms with Crippen molar-refractivity contribution in [2.75, 3.05) is 6.61 Å². The third-order valence-corrected chi connectivity index (χ3v) is 1.36. The van der Waals surface area contributed by atoms with Crippen molar-refractivity contribution in [1.82, 2.24) is 0 Å². The largest absolute Gasteiger partial charge is 0.512 e. The summed E-state index contributed by atoms with van der Waals surface area (Å²) < 4.78 is 0. The van der Waals surface area contributed by atoms with E-state index in [9.17, 15) is 0 Å². The molecule has 0 aliphatic rings. The molecule has 0 aromatic carbocycles. The first-order valence-electron chi connectivity index (χ1n) is 3.01. The second-order valence-corrected chi connectivity index (χ2v) is 2.72. The van der Waals surface area contributed by atoms with Crippen LogP contribution in [0.3, 0.4) is 0 Å². The third kappa shape index (κ3) is 2.06. The maximum absolute atomic E-state index is 9.09. The van der Waals surface area contributed by atoms with Gasteiger partial charge in [-0.15, -0.1) is 0 Å². The van der Waals surface area contributed by atoms with Gasteiger partial charge in [0.1, 0.15) is 0 Å². The number of rotatable bonds is 2. The molecule has 2 nitrogen and oxygen atoms in total. The molecule has 0 radical (unpaired) electrons. The van der Waals surface area contributed by atoms with Crippen LogP contribution in [0.5, 0.6) is 0 Å². The molecule has 0 aliphatic heterocycles. The topological polar surface area (TPSA) is 40.5 Å².